The van der Waals surface area contributed by atoms with Crippen molar-refractivity contribution < 1.29 is 19.1 Å². The van der Waals surface area contributed by atoms with Crippen LogP contribution in [0, 0.1) is 0 Å². The molecule has 0 aliphatic carbocycles. The van der Waals surface area contributed by atoms with Crippen LogP contribution in [0.3, 0.4) is 0 Å². The smallest absolute Gasteiger partial charge is 0.190 e. The molecule has 0 saturated carbocycles. The zero-order chi connectivity index (χ0) is 17.5. The molecule has 0 radical (unpaired) electrons. The molecule has 2 aromatic rings. The van der Waals surface area contributed by atoms with Crippen LogP contribution in [0.4, 0.5) is 5.82 Å². The highest BCUT2D eigenvalue weighted by molar-refractivity contribution is 7.98. The van der Waals surface area contributed by atoms with Crippen molar-refractivity contribution in [2.45, 2.75) is 30.9 Å². The molecule has 0 bridgehead atoms. The van der Waals surface area contributed by atoms with Crippen molar-refractivity contribution in [2.75, 3.05) is 25.6 Å². The minimum absolute atomic E-state index is 0.178. The van der Waals surface area contributed by atoms with Gasteiger partial charge in [0.15, 0.2) is 5.16 Å². The van der Waals surface area contributed by atoms with Gasteiger partial charge < -0.3 is 24.0 Å². The second kappa shape index (κ2) is 8.70. The van der Waals surface area contributed by atoms with Crippen molar-refractivity contribution in [1.29, 1.82) is 0 Å². The number of thioether (sulfide) groups is 1. The zero-order valence-corrected chi connectivity index (χ0v) is 14.8. The third-order valence-electron chi connectivity index (χ3n) is 3.19. The van der Waals surface area contributed by atoms with E-state index in [0.29, 0.717) is 23.3 Å². The molecule has 2 aromatic heterocycles. The molecule has 0 amide bonds. The lowest BCUT2D eigenvalue weighted by Gasteiger charge is -2.18. The number of furan rings is 1. The summed E-state index contributed by atoms with van der Waals surface area (Å²) in [6.07, 6.45) is 1.01. The highest BCUT2D eigenvalue weighted by atomic mass is 32.2. The van der Waals surface area contributed by atoms with Crippen LogP contribution in [-0.4, -0.2) is 36.6 Å². The molecule has 0 N–H and O–H groups in total. The number of hydrogen-bond acceptors (Lipinski definition) is 8. The maximum Gasteiger partial charge on any atom is 0.190 e. The van der Waals surface area contributed by atoms with E-state index in [-0.39, 0.29) is 5.76 Å². The molecular weight excluding hydrogens is 330 g/mol. The van der Waals surface area contributed by atoms with Crippen LogP contribution in [0.5, 0.6) is 0 Å². The van der Waals surface area contributed by atoms with Gasteiger partial charge in [0.2, 0.25) is 0 Å². The molecule has 7 nitrogen and oxygen atoms in total. The van der Waals surface area contributed by atoms with E-state index in [0.717, 1.165) is 24.5 Å². The lowest BCUT2D eigenvalue weighted by atomic mass is 10.3. The summed E-state index contributed by atoms with van der Waals surface area (Å²) in [6.45, 7) is 3.40. The molecule has 0 aromatic carbocycles. The number of rotatable bonds is 9. The van der Waals surface area contributed by atoms with Gasteiger partial charge in [0.1, 0.15) is 23.3 Å². The number of ether oxygens (including phenoxy) is 1. The van der Waals surface area contributed by atoms with E-state index in [1.807, 2.05) is 13.1 Å². The van der Waals surface area contributed by atoms with Crippen LogP contribution in [0.1, 0.15) is 35.4 Å². The van der Waals surface area contributed by atoms with Crippen molar-refractivity contribution in [3.63, 3.8) is 0 Å². The normalized spacial score (nSPS) is 10.8. The van der Waals surface area contributed by atoms with Crippen LogP contribution in [0.25, 0.3) is 0 Å². The standard InChI is InChI=1S/C16H21N3O4S/c1-4-7-19(2)14-8-11(9-22-3)17-16(18-14)24-10-12-5-6-13(23-12)15(20)21/h5-6,8H,4,7,9-10H2,1-3H3,(H,20,21)/p-1. The number of carboxylic acids is 1. The summed E-state index contributed by atoms with van der Waals surface area (Å²) in [6, 6.07) is 4.90. The summed E-state index contributed by atoms with van der Waals surface area (Å²) in [5, 5.41) is 11.3. The van der Waals surface area contributed by atoms with Crippen molar-refractivity contribution in [1.82, 2.24) is 9.97 Å². The number of aromatic carboxylic acids is 1. The summed E-state index contributed by atoms with van der Waals surface area (Å²) in [5.41, 5.74) is 0.794. The van der Waals surface area contributed by atoms with E-state index in [9.17, 15) is 9.90 Å². The van der Waals surface area contributed by atoms with Crippen LogP contribution in [-0.2, 0) is 17.1 Å². The van der Waals surface area contributed by atoms with Crippen molar-refractivity contribution in [2.24, 2.45) is 0 Å². The molecule has 24 heavy (non-hydrogen) atoms. The average molecular weight is 350 g/mol. The first-order valence-corrected chi connectivity index (χ1v) is 8.53. The number of anilines is 1. The molecule has 2 rings (SSSR count). The fraction of sp³-hybridized carbons (Fsp3) is 0.438. The SMILES string of the molecule is CCCN(C)c1cc(COC)nc(SCc2ccc(C(=O)[O-])o2)n1. The van der Waals surface area contributed by atoms with Gasteiger partial charge in [0.25, 0.3) is 0 Å². The molecule has 0 saturated heterocycles. The van der Waals surface area contributed by atoms with Gasteiger partial charge in [0, 0.05) is 26.8 Å². The molecule has 0 atom stereocenters. The van der Waals surface area contributed by atoms with Crippen molar-refractivity contribution >= 4 is 23.5 Å². The Bertz CT molecular complexity index is 690. The number of carbonyl (C=O) groups is 1. The van der Waals surface area contributed by atoms with Gasteiger partial charge in [-0.25, -0.2) is 9.97 Å². The molecule has 0 unspecified atom stereocenters. The van der Waals surface area contributed by atoms with Crippen LogP contribution in [0.2, 0.25) is 0 Å². The number of methoxy groups -OCH3 is 1. The fourth-order valence-corrected chi connectivity index (χ4v) is 2.86. The minimum atomic E-state index is -1.33. The van der Waals surface area contributed by atoms with Crippen LogP contribution in [0.15, 0.2) is 27.8 Å². The topological polar surface area (TPSA) is 91.5 Å². The van der Waals surface area contributed by atoms with Crippen molar-refractivity contribution in [3.05, 3.63) is 35.4 Å². The third kappa shape index (κ3) is 4.97. The summed E-state index contributed by atoms with van der Waals surface area (Å²) in [4.78, 5) is 21.8. The van der Waals surface area contributed by atoms with Gasteiger partial charge in [-0.3, -0.25) is 0 Å². The van der Waals surface area contributed by atoms with Gasteiger partial charge in [-0.1, -0.05) is 18.7 Å². The summed E-state index contributed by atoms with van der Waals surface area (Å²) in [5.74, 6) is 0.288. The highest BCUT2D eigenvalue weighted by Crippen LogP contribution is 2.24. The Morgan fingerprint density at radius 3 is 2.83 bits per heavy atom. The number of carbonyl (C=O) groups excluding carboxylic acids is 1. The van der Waals surface area contributed by atoms with Crippen molar-refractivity contribution in [3.8, 4) is 0 Å². The van der Waals surface area contributed by atoms with E-state index in [1.54, 1.807) is 13.2 Å². The Morgan fingerprint density at radius 2 is 2.21 bits per heavy atom. The molecule has 0 aliphatic heterocycles. The maximum absolute atomic E-state index is 10.7. The Labute approximate surface area is 145 Å². The number of carboxylic acid groups (broad SMARTS) is 1. The monoisotopic (exact) mass is 350 g/mol. The van der Waals surface area contributed by atoms with E-state index < -0.39 is 5.97 Å². The number of aromatic nitrogens is 2. The molecule has 130 valence electrons. The fourth-order valence-electron chi connectivity index (χ4n) is 2.09. The summed E-state index contributed by atoms with van der Waals surface area (Å²) in [7, 11) is 3.60. The molecule has 0 aliphatic rings. The van der Waals surface area contributed by atoms with E-state index >= 15 is 0 Å². The summed E-state index contributed by atoms with van der Waals surface area (Å²) >= 11 is 1.38. The van der Waals surface area contributed by atoms with Gasteiger partial charge in [-0.15, -0.1) is 0 Å². The Hall–Kier alpha value is -2.06. The largest absolute Gasteiger partial charge is 0.542 e. The van der Waals surface area contributed by atoms with Gasteiger partial charge in [0.05, 0.1) is 18.1 Å². The zero-order valence-electron chi connectivity index (χ0n) is 13.9. The number of hydrogen-bond donors (Lipinski definition) is 0. The van der Waals surface area contributed by atoms with Gasteiger partial charge >= 0.3 is 0 Å². The molecule has 2 heterocycles. The molecular formula is C16H20N3O4S-. The first-order valence-electron chi connectivity index (χ1n) is 7.54. The molecule has 8 heteroatoms. The van der Waals surface area contributed by atoms with Gasteiger partial charge in [-0.2, -0.15) is 0 Å². The maximum atomic E-state index is 10.7. The Kier molecular flexibility index (Phi) is 6.62. The lowest BCUT2D eigenvalue weighted by molar-refractivity contribution is -0.257. The second-order valence-corrected chi connectivity index (χ2v) is 6.14. The van der Waals surface area contributed by atoms with Crippen LogP contribution >= 0.6 is 11.8 Å². The Morgan fingerprint density at radius 1 is 1.42 bits per heavy atom. The first-order chi connectivity index (χ1) is 11.5. The predicted molar refractivity (Wildman–Crippen MR) is 88.9 cm³/mol. The van der Waals surface area contributed by atoms with E-state index in [2.05, 4.69) is 21.8 Å². The minimum Gasteiger partial charge on any atom is -0.542 e. The van der Waals surface area contributed by atoms with Crippen LogP contribution < -0.4 is 10.0 Å². The number of nitrogens with zero attached hydrogens (tertiary/aromatic N) is 3. The van der Waals surface area contributed by atoms with E-state index in [4.69, 9.17) is 9.15 Å². The van der Waals surface area contributed by atoms with Gasteiger partial charge in [-0.05, 0) is 18.6 Å². The quantitative estimate of drug-likeness (QED) is 0.499. The highest BCUT2D eigenvalue weighted by Gasteiger charge is 2.10. The second-order valence-electron chi connectivity index (χ2n) is 5.20. The lowest BCUT2D eigenvalue weighted by Crippen LogP contribution is -2.21. The third-order valence-corrected chi connectivity index (χ3v) is 4.06. The van der Waals surface area contributed by atoms with E-state index in [1.165, 1.54) is 17.8 Å². The molecule has 0 fully saturated rings. The predicted octanol–water partition coefficient (Wildman–Crippen LogP) is 1.72. The summed E-state index contributed by atoms with van der Waals surface area (Å²) < 4.78 is 10.3. The average Bonchev–Trinajstić information content (AvgIpc) is 3.02. The first kappa shape index (κ1) is 18.3. The molecule has 0 spiro atoms. The Balaban J connectivity index is 2.13.